The molecule has 0 amide bonds. The molecule has 15 heavy (non-hydrogen) atoms. The Labute approximate surface area is 89.0 Å². The Morgan fingerprint density at radius 3 is 2.47 bits per heavy atom. The number of aromatic nitrogens is 2. The van der Waals surface area contributed by atoms with Gasteiger partial charge in [0.2, 0.25) is 0 Å². The quantitative estimate of drug-likeness (QED) is 0.778. The molecule has 5 nitrogen and oxygen atoms in total. The van der Waals surface area contributed by atoms with Crippen LogP contribution in [0.25, 0.3) is 0 Å². The summed E-state index contributed by atoms with van der Waals surface area (Å²) >= 11 is 0. The number of hydrogen-bond acceptors (Lipinski definition) is 4. The second kappa shape index (κ2) is 4.44. The predicted molar refractivity (Wildman–Crippen MR) is 59.2 cm³/mol. The number of anilines is 1. The average molecular weight is 211 g/mol. The number of rotatable bonds is 3. The van der Waals surface area contributed by atoms with Crippen LogP contribution in [-0.4, -0.2) is 35.1 Å². The first-order valence-electron chi connectivity index (χ1n) is 4.87. The summed E-state index contributed by atoms with van der Waals surface area (Å²) in [6, 6.07) is 1.19. The van der Waals surface area contributed by atoms with Crippen molar-refractivity contribution in [2.45, 2.75) is 26.0 Å². The fourth-order valence-corrected chi connectivity index (χ4v) is 1.16. The van der Waals surface area contributed by atoms with Crippen LogP contribution in [0.3, 0.4) is 0 Å². The summed E-state index contributed by atoms with van der Waals surface area (Å²) in [5.74, 6) is 0. The van der Waals surface area contributed by atoms with Gasteiger partial charge in [0.15, 0.2) is 0 Å². The zero-order valence-electron chi connectivity index (χ0n) is 9.51. The average Bonchev–Trinajstić information content (AvgIpc) is 2.16. The molecule has 0 saturated carbocycles. The van der Waals surface area contributed by atoms with Gasteiger partial charge in [0, 0.05) is 20.2 Å². The third kappa shape index (κ3) is 2.56. The van der Waals surface area contributed by atoms with Gasteiger partial charge in [-0.3, -0.25) is 4.79 Å². The van der Waals surface area contributed by atoms with E-state index in [1.165, 1.54) is 10.7 Å². The van der Waals surface area contributed by atoms with Gasteiger partial charge in [-0.05, 0) is 13.8 Å². The van der Waals surface area contributed by atoms with E-state index in [0.717, 1.165) is 5.69 Å². The van der Waals surface area contributed by atoms with Crippen LogP contribution < -0.4 is 10.5 Å². The highest BCUT2D eigenvalue weighted by Gasteiger charge is 2.13. The Hall–Kier alpha value is -1.36. The lowest BCUT2D eigenvalue weighted by Gasteiger charge is -2.18. The topological polar surface area (TPSA) is 58.4 Å². The molecule has 1 heterocycles. The van der Waals surface area contributed by atoms with Crippen LogP contribution in [0.1, 0.15) is 19.9 Å². The summed E-state index contributed by atoms with van der Waals surface area (Å²) in [6.07, 6.45) is 1.01. The molecule has 2 unspecified atom stereocenters. The second-order valence-corrected chi connectivity index (χ2v) is 3.87. The Kier molecular flexibility index (Phi) is 3.47. The molecular formula is C10H17N3O2. The number of aliphatic hydroxyl groups is 1. The van der Waals surface area contributed by atoms with Gasteiger partial charge in [0.25, 0.3) is 5.56 Å². The van der Waals surface area contributed by atoms with Gasteiger partial charge in [-0.25, -0.2) is 4.68 Å². The zero-order valence-corrected chi connectivity index (χ0v) is 9.51. The molecule has 0 radical (unpaired) electrons. The van der Waals surface area contributed by atoms with Crippen LogP contribution in [0.5, 0.6) is 0 Å². The summed E-state index contributed by atoms with van der Waals surface area (Å²) in [5, 5.41) is 13.4. The van der Waals surface area contributed by atoms with Gasteiger partial charge in [-0.1, -0.05) is 0 Å². The molecule has 1 aromatic heterocycles. The van der Waals surface area contributed by atoms with Gasteiger partial charge in [0.05, 0.1) is 24.0 Å². The molecule has 0 spiro atoms. The summed E-state index contributed by atoms with van der Waals surface area (Å²) in [4.78, 5) is 13.5. The SMILES string of the molecule is CC(O)C(C)n1ncc(N(C)C)cc1=O. The van der Waals surface area contributed by atoms with Crippen molar-refractivity contribution in [1.29, 1.82) is 0 Å². The molecule has 0 aliphatic carbocycles. The maximum Gasteiger partial charge on any atom is 0.269 e. The van der Waals surface area contributed by atoms with Crippen molar-refractivity contribution >= 4 is 5.69 Å². The third-order valence-electron chi connectivity index (χ3n) is 2.41. The molecule has 1 rings (SSSR count). The molecule has 0 saturated heterocycles. The van der Waals surface area contributed by atoms with E-state index in [0.29, 0.717) is 0 Å². The molecule has 84 valence electrons. The second-order valence-electron chi connectivity index (χ2n) is 3.87. The molecule has 5 heteroatoms. The van der Waals surface area contributed by atoms with E-state index in [-0.39, 0.29) is 11.6 Å². The first-order valence-corrected chi connectivity index (χ1v) is 4.87. The van der Waals surface area contributed by atoms with E-state index >= 15 is 0 Å². The minimum Gasteiger partial charge on any atom is -0.391 e. The normalized spacial score (nSPS) is 14.7. The Morgan fingerprint density at radius 1 is 1.47 bits per heavy atom. The number of aliphatic hydroxyl groups excluding tert-OH is 1. The molecule has 0 aliphatic heterocycles. The van der Waals surface area contributed by atoms with Crippen LogP contribution in [0.4, 0.5) is 5.69 Å². The molecular weight excluding hydrogens is 194 g/mol. The van der Waals surface area contributed by atoms with Crippen LogP contribution in [0.2, 0.25) is 0 Å². The van der Waals surface area contributed by atoms with Gasteiger partial charge in [0.1, 0.15) is 0 Å². The summed E-state index contributed by atoms with van der Waals surface area (Å²) < 4.78 is 1.29. The summed E-state index contributed by atoms with van der Waals surface area (Å²) in [5.41, 5.74) is 0.559. The van der Waals surface area contributed by atoms with Crippen LogP contribution in [0.15, 0.2) is 17.1 Å². The van der Waals surface area contributed by atoms with Crippen molar-refractivity contribution in [3.8, 4) is 0 Å². The monoisotopic (exact) mass is 211 g/mol. The smallest absolute Gasteiger partial charge is 0.269 e. The van der Waals surface area contributed by atoms with E-state index in [1.807, 2.05) is 19.0 Å². The van der Waals surface area contributed by atoms with E-state index < -0.39 is 6.10 Å². The summed E-state index contributed by atoms with van der Waals surface area (Å²) in [7, 11) is 3.69. The Balaban J connectivity index is 3.09. The maximum absolute atomic E-state index is 11.7. The Bertz CT molecular complexity index is 384. The predicted octanol–water partition coefficient (Wildman–Crippen LogP) is 0.251. The van der Waals surface area contributed by atoms with Crippen molar-refractivity contribution in [3.63, 3.8) is 0 Å². The molecule has 0 aliphatic rings. The van der Waals surface area contributed by atoms with E-state index in [4.69, 9.17) is 0 Å². The standard InChI is InChI=1S/C10H17N3O2/c1-7(8(2)14)13-10(15)5-9(6-11-13)12(3)4/h5-8,14H,1-4H3. The fourth-order valence-electron chi connectivity index (χ4n) is 1.16. The van der Waals surface area contributed by atoms with Gasteiger partial charge < -0.3 is 10.0 Å². The largest absolute Gasteiger partial charge is 0.391 e. The van der Waals surface area contributed by atoms with Crippen LogP contribution in [0, 0.1) is 0 Å². The molecule has 0 aromatic carbocycles. The van der Waals surface area contributed by atoms with Crippen LogP contribution >= 0.6 is 0 Å². The highest BCUT2D eigenvalue weighted by Crippen LogP contribution is 2.09. The molecule has 1 aromatic rings. The van der Waals surface area contributed by atoms with Crippen molar-refractivity contribution in [1.82, 2.24) is 9.78 Å². The van der Waals surface area contributed by atoms with Crippen molar-refractivity contribution in [2.24, 2.45) is 0 Å². The maximum atomic E-state index is 11.7. The lowest BCUT2D eigenvalue weighted by atomic mass is 10.2. The van der Waals surface area contributed by atoms with Gasteiger partial charge in [-0.15, -0.1) is 0 Å². The van der Waals surface area contributed by atoms with E-state index in [2.05, 4.69) is 5.10 Å². The summed E-state index contributed by atoms with van der Waals surface area (Å²) in [6.45, 7) is 3.40. The lowest BCUT2D eigenvalue weighted by Crippen LogP contribution is -2.31. The minimum absolute atomic E-state index is 0.199. The lowest BCUT2D eigenvalue weighted by molar-refractivity contribution is 0.129. The number of nitrogens with zero attached hydrogens (tertiary/aromatic N) is 3. The van der Waals surface area contributed by atoms with Gasteiger partial charge >= 0.3 is 0 Å². The van der Waals surface area contributed by atoms with Crippen molar-refractivity contribution < 1.29 is 5.11 Å². The molecule has 0 bridgehead atoms. The van der Waals surface area contributed by atoms with Crippen molar-refractivity contribution in [3.05, 3.63) is 22.6 Å². The van der Waals surface area contributed by atoms with E-state index in [9.17, 15) is 9.90 Å². The molecule has 1 N–H and O–H groups in total. The molecule has 2 atom stereocenters. The minimum atomic E-state index is -0.597. The fraction of sp³-hybridized carbons (Fsp3) is 0.600. The first kappa shape index (κ1) is 11.7. The highest BCUT2D eigenvalue weighted by molar-refractivity contribution is 5.40. The van der Waals surface area contributed by atoms with Crippen LogP contribution in [-0.2, 0) is 0 Å². The highest BCUT2D eigenvalue weighted by atomic mass is 16.3. The van der Waals surface area contributed by atoms with Gasteiger partial charge in [-0.2, -0.15) is 5.10 Å². The molecule has 0 fully saturated rings. The first-order chi connectivity index (χ1) is 6.93. The third-order valence-corrected chi connectivity index (χ3v) is 2.41. The Morgan fingerprint density at radius 2 is 2.07 bits per heavy atom. The zero-order chi connectivity index (χ0) is 11.6. The van der Waals surface area contributed by atoms with E-state index in [1.54, 1.807) is 20.0 Å². The van der Waals surface area contributed by atoms with Crippen molar-refractivity contribution in [2.75, 3.05) is 19.0 Å². The number of hydrogen-bond donors (Lipinski definition) is 1.